The van der Waals surface area contributed by atoms with Gasteiger partial charge in [-0.3, -0.25) is 0 Å². The molecule has 0 unspecified atom stereocenters. The molecule has 0 saturated carbocycles. The van der Waals surface area contributed by atoms with Crippen molar-refractivity contribution in [3.63, 3.8) is 0 Å². The fraction of sp³-hybridized carbons (Fsp3) is 0.233. The summed E-state index contributed by atoms with van der Waals surface area (Å²) in [5, 5.41) is 9.23. The van der Waals surface area contributed by atoms with E-state index in [4.69, 9.17) is 9.97 Å². The van der Waals surface area contributed by atoms with E-state index in [0.29, 0.717) is 12.1 Å². The van der Waals surface area contributed by atoms with E-state index in [1.54, 1.807) is 0 Å². The zero-order valence-corrected chi connectivity index (χ0v) is 20.9. The molecule has 0 aliphatic carbocycles. The molecule has 6 rings (SSSR count). The van der Waals surface area contributed by atoms with Crippen LogP contribution in [0.25, 0.3) is 44.4 Å². The molecule has 0 spiro atoms. The predicted octanol–water partition coefficient (Wildman–Crippen LogP) is 5.83. The summed E-state index contributed by atoms with van der Waals surface area (Å²) in [6, 6.07) is 20.0. The van der Waals surface area contributed by atoms with Gasteiger partial charge in [-0.15, -0.1) is 0 Å². The standard InChI is InChI=1S/C30H30N6/c1-19(2)28-13-12-26-25(6-5-7-29(26)34-28)27-17-33-35-18-23(16-32-30(27)35)22-8-10-24(11-9-22)36-20(3)14-31-15-21(36)4/h5-13,16-18,20-21,31H,1,14-15H2,2-4H3/t20-,21+. The van der Waals surface area contributed by atoms with E-state index < -0.39 is 0 Å². The van der Waals surface area contributed by atoms with E-state index in [0.717, 1.165) is 63.2 Å². The monoisotopic (exact) mass is 474 g/mol. The second-order valence-electron chi connectivity index (χ2n) is 9.83. The molecule has 0 bridgehead atoms. The molecule has 36 heavy (non-hydrogen) atoms. The Labute approximate surface area is 211 Å². The van der Waals surface area contributed by atoms with E-state index in [2.05, 4.69) is 78.3 Å². The number of piperazine rings is 1. The van der Waals surface area contributed by atoms with Crippen molar-refractivity contribution in [3.8, 4) is 22.3 Å². The molecule has 2 aromatic carbocycles. The van der Waals surface area contributed by atoms with E-state index in [1.165, 1.54) is 5.69 Å². The number of fused-ring (bicyclic) bond motifs is 2. The fourth-order valence-electron chi connectivity index (χ4n) is 5.31. The average Bonchev–Trinajstić information content (AvgIpc) is 3.31. The normalized spacial score (nSPS) is 18.1. The molecule has 1 aliphatic rings. The topological polar surface area (TPSA) is 58.4 Å². The molecule has 3 aromatic heterocycles. The van der Waals surface area contributed by atoms with Crippen molar-refractivity contribution < 1.29 is 0 Å². The number of allylic oxidation sites excluding steroid dienone is 1. The number of hydrogen-bond donors (Lipinski definition) is 1. The van der Waals surface area contributed by atoms with Gasteiger partial charge in [-0.05, 0) is 61.7 Å². The maximum Gasteiger partial charge on any atom is 0.162 e. The van der Waals surface area contributed by atoms with Gasteiger partial charge < -0.3 is 10.2 Å². The van der Waals surface area contributed by atoms with E-state index in [9.17, 15) is 0 Å². The van der Waals surface area contributed by atoms with Crippen molar-refractivity contribution in [2.75, 3.05) is 18.0 Å². The van der Waals surface area contributed by atoms with Crippen LogP contribution in [0.15, 0.2) is 79.8 Å². The van der Waals surface area contributed by atoms with E-state index in [1.807, 2.05) is 42.0 Å². The molecule has 4 heterocycles. The van der Waals surface area contributed by atoms with Gasteiger partial charge in [0.15, 0.2) is 5.65 Å². The first-order valence-corrected chi connectivity index (χ1v) is 12.5. The van der Waals surface area contributed by atoms with Gasteiger partial charge in [0.1, 0.15) is 0 Å². The van der Waals surface area contributed by atoms with Crippen LogP contribution in [-0.2, 0) is 0 Å². The number of pyridine rings is 1. The van der Waals surface area contributed by atoms with Crippen molar-refractivity contribution >= 4 is 27.8 Å². The Morgan fingerprint density at radius 1 is 0.917 bits per heavy atom. The minimum absolute atomic E-state index is 0.469. The summed E-state index contributed by atoms with van der Waals surface area (Å²) in [6.07, 6.45) is 5.89. The van der Waals surface area contributed by atoms with Crippen LogP contribution >= 0.6 is 0 Å². The molecule has 0 radical (unpaired) electrons. The predicted molar refractivity (Wildman–Crippen MR) is 148 cm³/mol. The highest BCUT2D eigenvalue weighted by Gasteiger charge is 2.24. The first kappa shape index (κ1) is 22.4. The molecule has 1 aliphatic heterocycles. The number of nitrogens with zero attached hydrogens (tertiary/aromatic N) is 5. The van der Waals surface area contributed by atoms with Gasteiger partial charge in [0.2, 0.25) is 0 Å². The van der Waals surface area contributed by atoms with Gasteiger partial charge in [0, 0.05) is 59.8 Å². The van der Waals surface area contributed by atoms with E-state index in [-0.39, 0.29) is 0 Å². The number of rotatable bonds is 4. The van der Waals surface area contributed by atoms with Crippen molar-refractivity contribution in [1.82, 2.24) is 24.9 Å². The highest BCUT2D eigenvalue weighted by Crippen LogP contribution is 2.32. The Balaban J connectivity index is 1.34. The third-order valence-corrected chi connectivity index (χ3v) is 7.14. The number of hydrogen-bond acceptors (Lipinski definition) is 5. The minimum Gasteiger partial charge on any atom is -0.364 e. The molecular formula is C30H30N6. The van der Waals surface area contributed by atoms with Gasteiger partial charge in [-0.25, -0.2) is 14.5 Å². The summed E-state index contributed by atoms with van der Waals surface area (Å²) in [6.45, 7) is 12.6. The molecule has 6 nitrogen and oxygen atoms in total. The Bertz CT molecular complexity index is 1570. The Morgan fingerprint density at radius 2 is 1.69 bits per heavy atom. The zero-order chi connectivity index (χ0) is 24.8. The third-order valence-electron chi connectivity index (χ3n) is 7.14. The molecule has 6 heteroatoms. The second-order valence-corrected chi connectivity index (χ2v) is 9.83. The minimum atomic E-state index is 0.469. The first-order chi connectivity index (χ1) is 17.5. The zero-order valence-electron chi connectivity index (χ0n) is 20.9. The number of anilines is 1. The fourth-order valence-corrected chi connectivity index (χ4v) is 5.31. The van der Waals surface area contributed by atoms with Crippen LogP contribution < -0.4 is 10.2 Å². The summed E-state index contributed by atoms with van der Waals surface area (Å²) < 4.78 is 1.87. The lowest BCUT2D eigenvalue weighted by Crippen LogP contribution is -2.55. The lowest BCUT2D eigenvalue weighted by Gasteiger charge is -2.41. The van der Waals surface area contributed by atoms with Crippen LogP contribution in [0.4, 0.5) is 5.69 Å². The molecule has 180 valence electrons. The van der Waals surface area contributed by atoms with Gasteiger partial charge in [0.05, 0.1) is 17.4 Å². The summed E-state index contributed by atoms with van der Waals surface area (Å²) in [5.41, 5.74) is 9.13. The van der Waals surface area contributed by atoms with Gasteiger partial charge >= 0.3 is 0 Å². The summed E-state index contributed by atoms with van der Waals surface area (Å²) in [4.78, 5) is 12.1. The number of benzene rings is 2. The van der Waals surface area contributed by atoms with E-state index >= 15 is 0 Å². The molecule has 0 amide bonds. The summed E-state index contributed by atoms with van der Waals surface area (Å²) >= 11 is 0. The number of nitrogens with one attached hydrogen (secondary N) is 1. The Hall–Kier alpha value is -4.03. The Morgan fingerprint density at radius 3 is 2.44 bits per heavy atom. The van der Waals surface area contributed by atoms with Crippen molar-refractivity contribution in [2.45, 2.75) is 32.9 Å². The maximum atomic E-state index is 4.83. The van der Waals surface area contributed by atoms with Gasteiger partial charge in [-0.1, -0.05) is 36.9 Å². The second kappa shape index (κ2) is 8.88. The third kappa shape index (κ3) is 3.84. The highest BCUT2D eigenvalue weighted by molar-refractivity contribution is 5.98. The van der Waals surface area contributed by atoms with Crippen LogP contribution in [0.5, 0.6) is 0 Å². The van der Waals surface area contributed by atoms with Crippen LogP contribution in [-0.4, -0.2) is 44.8 Å². The van der Waals surface area contributed by atoms with Gasteiger partial charge in [0.25, 0.3) is 0 Å². The van der Waals surface area contributed by atoms with Gasteiger partial charge in [-0.2, -0.15) is 5.10 Å². The number of aromatic nitrogens is 4. The molecule has 1 saturated heterocycles. The SMILES string of the molecule is C=C(C)c1ccc2c(-c3cnn4cc(-c5ccc(N6[C@H](C)CNC[C@@H]6C)cc5)cnc34)cccc2n1. The molecule has 5 aromatic rings. The molecule has 1 N–H and O–H groups in total. The molecule has 1 fully saturated rings. The first-order valence-electron chi connectivity index (χ1n) is 12.5. The lowest BCUT2D eigenvalue weighted by atomic mass is 10.0. The maximum absolute atomic E-state index is 4.83. The summed E-state index contributed by atoms with van der Waals surface area (Å²) in [7, 11) is 0. The van der Waals surface area contributed by atoms with Crippen molar-refractivity contribution in [3.05, 3.63) is 85.5 Å². The smallest absolute Gasteiger partial charge is 0.162 e. The van der Waals surface area contributed by atoms with Crippen LogP contribution in [0, 0.1) is 0 Å². The molecular weight excluding hydrogens is 444 g/mol. The van der Waals surface area contributed by atoms with Crippen LogP contribution in [0.1, 0.15) is 26.5 Å². The average molecular weight is 475 g/mol. The summed E-state index contributed by atoms with van der Waals surface area (Å²) in [5.74, 6) is 0. The lowest BCUT2D eigenvalue weighted by molar-refractivity contribution is 0.432. The highest BCUT2D eigenvalue weighted by atomic mass is 15.2. The largest absolute Gasteiger partial charge is 0.364 e. The Kier molecular flexibility index (Phi) is 5.53. The van der Waals surface area contributed by atoms with Crippen LogP contribution in [0.3, 0.4) is 0 Å². The quantitative estimate of drug-likeness (QED) is 0.355. The van der Waals surface area contributed by atoms with Crippen molar-refractivity contribution in [1.29, 1.82) is 0 Å². The molecule has 2 atom stereocenters. The van der Waals surface area contributed by atoms with Crippen LogP contribution in [0.2, 0.25) is 0 Å². The van der Waals surface area contributed by atoms with Crippen molar-refractivity contribution in [2.24, 2.45) is 0 Å².